The number of hydrogen-bond donors (Lipinski definition) is 1. The van der Waals surface area contributed by atoms with Gasteiger partial charge in [-0.3, -0.25) is 4.79 Å². The molecular weight excluding hydrogens is 434 g/mol. The largest absolute Gasteiger partial charge is 0.493 e. The molecular formula is C27H29NO6. The fourth-order valence-corrected chi connectivity index (χ4v) is 3.71. The van der Waals surface area contributed by atoms with Crippen LogP contribution >= 0.6 is 0 Å². The van der Waals surface area contributed by atoms with Gasteiger partial charge in [-0.05, 0) is 35.4 Å². The third-order valence-corrected chi connectivity index (χ3v) is 5.79. The highest BCUT2D eigenvalue weighted by Gasteiger charge is 2.26. The molecule has 0 aliphatic carbocycles. The van der Waals surface area contributed by atoms with Crippen molar-refractivity contribution in [3.8, 4) is 28.7 Å². The molecule has 0 bridgehead atoms. The van der Waals surface area contributed by atoms with E-state index in [-0.39, 0.29) is 18.1 Å². The molecule has 1 N–H and O–H groups in total. The van der Waals surface area contributed by atoms with Crippen LogP contribution in [0.15, 0.2) is 60.7 Å². The van der Waals surface area contributed by atoms with Gasteiger partial charge in [0.05, 0.1) is 14.2 Å². The van der Waals surface area contributed by atoms with Crippen LogP contribution in [0.4, 0.5) is 0 Å². The summed E-state index contributed by atoms with van der Waals surface area (Å²) in [5.41, 5.74) is 2.14. The predicted molar refractivity (Wildman–Crippen MR) is 128 cm³/mol. The lowest BCUT2D eigenvalue weighted by molar-refractivity contribution is 0.0944. The molecule has 1 amide bonds. The first-order valence-corrected chi connectivity index (χ1v) is 11.0. The molecule has 0 saturated heterocycles. The zero-order chi connectivity index (χ0) is 24.1. The fraction of sp³-hybridized carbons (Fsp3) is 0.296. The SMILES string of the molecule is COc1cc(C(=O)NCC(C)(C)c2ccc3c(c2)OCO3)cc(OC)c1OCc1ccccc1. The van der Waals surface area contributed by atoms with Crippen LogP contribution in [-0.2, 0) is 12.0 Å². The van der Waals surface area contributed by atoms with E-state index in [2.05, 4.69) is 19.2 Å². The van der Waals surface area contributed by atoms with E-state index < -0.39 is 0 Å². The lowest BCUT2D eigenvalue weighted by Crippen LogP contribution is -2.36. The van der Waals surface area contributed by atoms with Crippen LogP contribution in [0.2, 0.25) is 0 Å². The molecule has 0 fully saturated rings. The van der Waals surface area contributed by atoms with Crippen LogP contribution in [0.3, 0.4) is 0 Å². The maximum absolute atomic E-state index is 13.0. The second kappa shape index (κ2) is 9.95. The summed E-state index contributed by atoms with van der Waals surface area (Å²) in [5, 5.41) is 3.02. The van der Waals surface area contributed by atoms with Crippen molar-refractivity contribution in [2.45, 2.75) is 25.9 Å². The monoisotopic (exact) mass is 463 g/mol. The molecule has 1 aliphatic rings. The Morgan fingerprint density at radius 2 is 1.62 bits per heavy atom. The third kappa shape index (κ3) is 5.03. The van der Waals surface area contributed by atoms with Crippen molar-refractivity contribution in [3.05, 3.63) is 77.4 Å². The predicted octanol–water partition coefficient (Wildman–Crippen LogP) is 4.72. The molecule has 4 rings (SSSR count). The van der Waals surface area contributed by atoms with E-state index in [0.717, 1.165) is 22.6 Å². The quantitative estimate of drug-likeness (QED) is 0.495. The number of ether oxygens (including phenoxy) is 5. The maximum atomic E-state index is 13.0. The van der Waals surface area contributed by atoms with Gasteiger partial charge >= 0.3 is 0 Å². The van der Waals surface area contributed by atoms with Gasteiger partial charge in [-0.25, -0.2) is 0 Å². The number of fused-ring (bicyclic) bond motifs is 1. The highest BCUT2D eigenvalue weighted by molar-refractivity contribution is 5.95. The number of carbonyl (C=O) groups is 1. The number of amides is 1. The van der Waals surface area contributed by atoms with Crippen LogP contribution in [0, 0.1) is 0 Å². The average Bonchev–Trinajstić information content (AvgIpc) is 3.34. The summed E-state index contributed by atoms with van der Waals surface area (Å²) in [5.74, 6) is 2.52. The highest BCUT2D eigenvalue weighted by atomic mass is 16.7. The van der Waals surface area contributed by atoms with Gasteiger partial charge in [0.1, 0.15) is 6.61 Å². The zero-order valence-corrected chi connectivity index (χ0v) is 19.8. The summed E-state index contributed by atoms with van der Waals surface area (Å²) in [6, 6.07) is 19.0. The van der Waals surface area contributed by atoms with Crippen molar-refractivity contribution in [3.63, 3.8) is 0 Å². The number of nitrogens with one attached hydrogen (secondary N) is 1. The molecule has 0 unspecified atom stereocenters. The van der Waals surface area contributed by atoms with E-state index in [1.165, 1.54) is 14.2 Å². The molecule has 34 heavy (non-hydrogen) atoms. The van der Waals surface area contributed by atoms with E-state index >= 15 is 0 Å². The van der Waals surface area contributed by atoms with E-state index in [4.69, 9.17) is 23.7 Å². The first-order valence-electron chi connectivity index (χ1n) is 11.0. The van der Waals surface area contributed by atoms with Gasteiger partial charge in [-0.1, -0.05) is 50.2 Å². The van der Waals surface area contributed by atoms with E-state index in [0.29, 0.717) is 36.0 Å². The van der Waals surface area contributed by atoms with Crippen LogP contribution in [0.1, 0.15) is 35.3 Å². The zero-order valence-electron chi connectivity index (χ0n) is 19.8. The van der Waals surface area contributed by atoms with Gasteiger partial charge in [0.15, 0.2) is 23.0 Å². The minimum absolute atomic E-state index is 0.227. The van der Waals surface area contributed by atoms with Crippen molar-refractivity contribution >= 4 is 5.91 Å². The minimum atomic E-state index is -0.330. The van der Waals surface area contributed by atoms with Crippen LogP contribution < -0.4 is 29.0 Å². The van der Waals surface area contributed by atoms with Crippen molar-refractivity contribution in [2.75, 3.05) is 27.6 Å². The Kier molecular flexibility index (Phi) is 6.82. The molecule has 0 spiro atoms. The molecule has 0 aromatic heterocycles. The Bertz CT molecular complexity index is 1130. The van der Waals surface area contributed by atoms with Gasteiger partial charge in [-0.15, -0.1) is 0 Å². The van der Waals surface area contributed by atoms with E-state index in [9.17, 15) is 4.79 Å². The Morgan fingerprint density at radius 3 is 2.29 bits per heavy atom. The normalized spacial score (nSPS) is 12.2. The second-order valence-corrected chi connectivity index (χ2v) is 8.62. The van der Waals surface area contributed by atoms with Crippen LogP contribution in [0.25, 0.3) is 0 Å². The molecule has 3 aromatic carbocycles. The third-order valence-electron chi connectivity index (χ3n) is 5.79. The van der Waals surface area contributed by atoms with Gasteiger partial charge in [0, 0.05) is 17.5 Å². The number of methoxy groups -OCH3 is 2. The summed E-state index contributed by atoms with van der Waals surface area (Å²) in [6.45, 7) is 5.12. The number of hydrogen-bond acceptors (Lipinski definition) is 6. The maximum Gasteiger partial charge on any atom is 0.251 e. The van der Waals surface area contributed by atoms with Gasteiger partial charge in [0.2, 0.25) is 12.5 Å². The van der Waals surface area contributed by atoms with E-state index in [1.807, 2.05) is 48.5 Å². The van der Waals surface area contributed by atoms with Gasteiger partial charge in [0.25, 0.3) is 5.91 Å². The smallest absolute Gasteiger partial charge is 0.251 e. The van der Waals surface area contributed by atoms with Crippen LogP contribution in [0.5, 0.6) is 28.7 Å². The number of carbonyl (C=O) groups excluding carboxylic acids is 1. The molecule has 7 heteroatoms. The van der Waals surface area contributed by atoms with Gasteiger partial charge < -0.3 is 29.0 Å². The Hall–Kier alpha value is -3.87. The second-order valence-electron chi connectivity index (χ2n) is 8.62. The first-order chi connectivity index (χ1) is 16.4. The lowest BCUT2D eigenvalue weighted by Gasteiger charge is -2.26. The van der Waals surface area contributed by atoms with Crippen molar-refractivity contribution in [1.82, 2.24) is 5.32 Å². The first kappa shape index (κ1) is 23.3. The molecule has 178 valence electrons. The topological polar surface area (TPSA) is 75.3 Å². The highest BCUT2D eigenvalue weighted by Crippen LogP contribution is 2.39. The average molecular weight is 464 g/mol. The molecule has 7 nitrogen and oxygen atoms in total. The van der Waals surface area contributed by atoms with Crippen molar-refractivity contribution < 1.29 is 28.5 Å². The molecule has 0 saturated carbocycles. The standard InChI is InChI=1S/C27H29NO6/c1-27(2,20-10-11-21-22(14-20)34-17-33-21)16-28-26(29)19-12-23(30-3)25(24(13-19)31-4)32-15-18-8-6-5-7-9-18/h5-14H,15-17H2,1-4H3,(H,28,29). The van der Waals surface area contributed by atoms with Crippen LogP contribution in [-0.4, -0.2) is 33.5 Å². The number of rotatable bonds is 9. The summed E-state index contributed by atoms with van der Waals surface area (Å²) >= 11 is 0. The summed E-state index contributed by atoms with van der Waals surface area (Å²) in [7, 11) is 3.07. The minimum Gasteiger partial charge on any atom is -0.493 e. The molecule has 1 heterocycles. The molecule has 0 radical (unpaired) electrons. The Balaban J connectivity index is 1.48. The summed E-state index contributed by atoms with van der Waals surface area (Å²) in [4.78, 5) is 13.0. The number of benzene rings is 3. The lowest BCUT2D eigenvalue weighted by atomic mass is 9.84. The van der Waals surface area contributed by atoms with Gasteiger partial charge in [-0.2, -0.15) is 0 Å². The van der Waals surface area contributed by atoms with E-state index in [1.54, 1.807) is 12.1 Å². The molecule has 1 aliphatic heterocycles. The van der Waals surface area contributed by atoms with Crippen molar-refractivity contribution in [2.24, 2.45) is 0 Å². The Labute approximate surface area is 199 Å². The Morgan fingerprint density at radius 1 is 0.941 bits per heavy atom. The summed E-state index contributed by atoms with van der Waals surface area (Å²) < 4.78 is 27.9. The molecule has 3 aromatic rings. The van der Waals surface area contributed by atoms with Crippen molar-refractivity contribution in [1.29, 1.82) is 0 Å². The molecule has 0 atom stereocenters. The summed E-state index contributed by atoms with van der Waals surface area (Å²) in [6.07, 6.45) is 0. The fourth-order valence-electron chi connectivity index (χ4n) is 3.71.